The van der Waals surface area contributed by atoms with E-state index in [1.54, 1.807) is 43.5 Å². The summed E-state index contributed by atoms with van der Waals surface area (Å²) in [6.45, 7) is 0. The van der Waals surface area contributed by atoms with Crippen molar-refractivity contribution >= 4 is 23.7 Å². The van der Waals surface area contributed by atoms with Crippen molar-refractivity contribution < 1.29 is 19.1 Å². The van der Waals surface area contributed by atoms with E-state index in [0.29, 0.717) is 17.2 Å². The molecule has 0 atom stereocenters. The zero-order chi connectivity index (χ0) is 18.1. The number of carbonyl (C=O) groups is 2. The van der Waals surface area contributed by atoms with E-state index in [1.807, 2.05) is 12.1 Å². The summed E-state index contributed by atoms with van der Waals surface area (Å²) in [7, 11) is 3.07. The number of amides is 2. The maximum Gasteiger partial charge on any atom is 0.249 e. The Morgan fingerprint density at radius 3 is 2.60 bits per heavy atom. The zero-order valence-corrected chi connectivity index (χ0v) is 14.0. The number of rotatable bonds is 7. The molecule has 0 aromatic heterocycles. The second-order valence-corrected chi connectivity index (χ2v) is 5.00. The minimum Gasteiger partial charge on any atom is -0.497 e. The molecule has 2 N–H and O–H groups in total. The molecule has 0 bridgehead atoms. The number of carbonyl (C=O) groups excluding carboxylic acids is 2. The molecule has 2 aromatic rings. The quantitative estimate of drug-likeness (QED) is 0.459. The van der Waals surface area contributed by atoms with Gasteiger partial charge in [-0.05, 0) is 29.8 Å². The van der Waals surface area contributed by atoms with Gasteiger partial charge in [0, 0.05) is 0 Å². The van der Waals surface area contributed by atoms with E-state index in [9.17, 15) is 9.59 Å². The van der Waals surface area contributed by atoms with Crippen LogP contribution in [0.2, 0.25) is 0 Å². The smallest absolute Gasteiger partial charge is 0.249 e. The lowest BCUT2D eigenvalue weighted by Gasteiger charge is -2.09. The van der Waals surface area contributed by atoms with Crippen LogP contribution in [0.5, 0.6) is 11.5 Å². The first-order chi connectivity index (χ1) is 12.1. The van der Waals surface area contributed by atoms with Gasteiger partial charge in [0.1, 0.15) is 17.9 Å². The number of hydrogen-bond donors (Lipinski definition) is 2. The average molecular weight is 341 g/mol. The fraction of sp³-hybridized carbons (Fsp3) is 0.167. The molecule has 0 saturated heterocycles. The Kier molecular flexibility index (Phi) is 6.53. The Morgan fingerprint density at radius 1 is 1.04 bits per heavy atom. The molecule has 25 heavy (non-hydrogen) atoms. The normalized spacial score (nSPS) is 10.3. The second-order valence-electron chi connectivity index (χ2n) is 5.00. The number of methoxy groups -OCH3 is 2. The van der Waals surface area contributed by atoms with Crippen molar-refractivity contribution in [1.82, 2.24) is 5.43 Å². The highest BCUT2D eigenvalue weighted by molar-refractivity contribution is 6.04. The summed E-state index contributed by atoms with van der Waals surface area (Å²) in [5.74, 6) is 0.226. The Balaban J connectivity index is 1.85. The lowest BCUT2D eigenvalue weighted by molar-refractivity contribution is -0.126. The summed E-state index contributed by atoms with van der Waals surface area (Å²) in [4.78, 5) is 23.7. The minimum absolute atomic E-state index is 0.354. The van der Waals surface area contributed by atoms with Crippen LogP contribution in [-0.2, 0) is 9.59 Å². The van der Waals surface area contributed by atoms with Gasteiger partial charge in [-0.25, -0.2) is 5.43 Å². The van der Waals surface area contributed by atoms with Crippen molar-refractivity contribution in [3.05, 3.63) is 54.1 Å². The second kappa shape index (κ2) is 9.07. The minimum atomic E-state index is -0.522. The number of benzene rings is 2. The zero-order valence-electron chi connectivity index (χ0n) is 14.0. The van der Waals surface area contributed by atoms with Gasteiger partial charge in [-0.2, -0.15) is 5.10 Å². The van der Waals surface area contributed by atoms with E-state index in [4.69, 9.17) is 9.47 Å². The van der Waals surface area contributed by atoms with E-state index >= 15 is 0 Å². The average Bonchev–Trinajstić information content (AvgIpc) is 2.62. The lowest BCUT2D eigenvalue weighted by Crippen LogP contribution is -2.24. The summed E-state index contributed by atoms with van der Waals surface area (Å²) in [5, 5.41) is 6.45. The lowest BCUT2D eigenvalue weighted by atomic mass is 10.2. The molecule has 0 unspecified atom stereocenters. The SMILES string of the molecule is COc1cccc(C=NNC(=O)CC(=O)Nc2ccccc2OC)c1. The highest BCUT2D eigenvalue weighted by Crippen LogP contribution is 2.22. The van der Waals surface area contributed by atoms with Crippen LogP contribution in [0.1, 0.15) is 12.0 Å². The van der Waals surface area contributed by atoms with Gasteiger partial charge in [-0.15, -0.1) is 0 Å². The Hall–Kier alpha value is -3.35. The molecule has 0 saturated carbocycles. The summed E-state index contributed by atoms with van der Waals surface area (Å²) >= 11 is 0. The molecule has 7 nitrogen and oxygen atoms in total. The van der Waals surface area contributed by atoms with Crippen molar-refractivity contribution in [2.24, 2.45) is 5.10 Å². The van der Waals surface area contributed by atoms with Crippen LogP contribution in [0, 0.1) is 0 Å². The first-order valence-electron chi connectivity index (χ1n) is 7.51. The molecule has 7 heteroatoms. The standard InChI is InChI=1S/C18H19N3O4/c1-24-14-7-5-6-13(10-14)12-19-21-18(23)11-17(22)20-15-8-3-4-9-16(15)25-2/h3-10,12H,11H2,1-2H3,(H,20,22)(H,21,23). The molecule has 2 amide bonds. The van der Waals surface area contributed by atoms with Gasteiger partial charge in [0.2, 0.25) is 11.8 Å². The fourth-order valence-electron chi connectivity index (χ4n) is 2.03. The summed E-state index contributed by atoms with van der Waals surface area (Å²) < 4.78 is 10.2. The van der Waals surface area contributed by atoms with E-state index < -0.39 is 11.8 Å². The van der Waals surface area contributed by atoms with Gasteiger partial charge >= 0.3 is 0 Å². The third kappa shape index (κ3) is 5.65. The maximum absolute atomic E-state index is 11.9. The number of nitrogens with one attached hydrogen (secondary N) is 2. The topological polar surface area (TPSA) is 89.0 Å². The number of nitrogens with zero attached hydrogens (tertiary/aromatic N) is 1. The highest BCUT2D eigenvalue weighted by Gasteiger charge is 2.11. The van der Waals surface area contributed by atoms with Crippen LogP contribution in [-0.4, -0.2) is 32.2 Å². The predicted octanol–water partition coefficient (Wildman–Crippen LogP) is 2.18. The number of anilines is 1. The summed E-state index contributed by atoms with van der Waals surface area (Å²) in [6, 6.07) is 14.1. The first-order valence-corrected chi connectivity index (χ1v) is 7.51. The number of hydrazone groups is 1. The fourth-order valence-corrected chi connectivity index (χ4v) is 2.03. The van der Waals surface area contributed by atoms with Crippen molar-refractivity contribution in [2.75, 3.05) is 19.5 Å². The molecular formula is C18H19N3O4. The van der Waals surface area contributed by atoms with Gasteiger partial charge < -0.3 is 14.8 Å². The van der Waals surface area contributed by atoms with Crippen LogP contribution in [0.3, 0.4) is 0 Å². The van der Waals surface area contributed by atoms with Gasteiger partial charge in [0.15, 0.2) is 0 Å². The Bertz CT molecular complexity index is 774. The van der Waals surface area contributed by atoms with Gasteiger partial charge in [-0.1, -0.05) is 24.3 Å². The summed E-state index contributed by atoms with van der Waals surface area (Å²) in [5.41, 5.74) is 3.58. The van der Waals surface area contributed by atoms with Crippen molar-refractivity contribution in [1.29, 1.82) is 0 Å². The summed E-state index contributed by atoms with van der Waals surface area (Å²) in [6.07, 6.45) is 1.12. The molecule has 0 aliphatic rings. The van der Waals surface area contributed by atoms with Crippen LogP contribution >= 0.6 is 0 Å². The van der Waals surface area contributed by atoms with Gasteiger partial charge in [-0.3, -0.25) is 9.59 Å². The number of para-hydroxylation sites is 2. The third-order valence-corrected chi connectivity index (χ3v) is 3.20. The number of hydrogen-bond acceptors (Lipinski definition) is 5. The molecule has 0 aliphatic carbocycles. The molecule has 0 aliphatic heterocycles. The van der Waals surface area contributed by atoms with Crippen molar-refractivity contribution in [3.8, 4) is 11.5 Å². The monoisotopic (exact) mass is 341 g/mol. The van der Waals surface area contributed by atoms with E-state index in [1.165, 1.54) is 13.3 Å². The van der Waals surface area contributed by atoms with Crippen LogP contribution in [0.25, 0.3) is 0 Å². The molecular weight excluding hydrogens is 322 g/mol. The first kappa shape index (κ1) is 18.0. The molecule has 0 radical (unpaired) electrons. The van der Waals surface area contributed by atoms with Gasteiger partial charge in [0.25, 0.3) is 0 Å². The maximum atomic E-state index is 11.9. The van der Waals surface area contributed by atoms with E-state index in [0.717, 1.165) is 5.56 Å². The molecule has 130 valence electrons. The van der Waals surface area contributed by atoms with E-state index in [-0.39, 0.29) is 6.42 Å². The Morgan fingerprint density at radius 2 is 1.84 bits per heavy atom. The van der Waals surface area contributed by atoms with Gasteiger partial charge in [0.05, 0.1) is 26.1 Å². The molecule has 0 heterocycles. The largest absolute Gasteiger partial charge is 0.497 e. The molecule has 2 aromatic carbocycles. The molecule has 2 rings (SSSR count). The molecule has 0 fully saturated rings. The number of ether oxygens (including phenoxy) is 2. The van der Waals surface area contributed by atoms with Crippen molar-refractivity contribution in [2.45, 2.75) is 6.42 Å². The van der Waals surface area contributed by atoms with Crippen LogP contribution < -0.4 is 20.2 Å². The van der Waals surface area contributed by atoms with Crippen molar-refractivity contribution in [3.63, 3.8) is 0 Å². The predicted molar refractivity (Wildman–Crippen MR) is 95.0 cm³/mol. The Labute approximate surface area is 145 Å². The van der Waals surface area contributed by atoms with E-state index in [2.05, 4.69) is 15.8 Å². The highest BCUT2D eigenvalue weighted by atomic mass is 16.5. The third-order valence-electron chi connectivity index (χ3n) is 3.20. The molecule has 0 spiro atoms. The van der Waals surface area contributed by atoms with Crippen LogP contribution in [0.4, 0.5) is 5.69 Å². The van der Waals surface area contributed by atoms with Crippen LogP contribution in [0.15, 0.2) is 53.6 Å².